The first kappa shape index (κ1) is 21.2. The Labute approximate surface area is 166 Å². The summed E-state index contributed by atoms with van der Waals surface area (Å²) in [5, 5.41) is 13.9. The molecular weight excluding hydrogens is 382 g/mol. The standard InChI is InChI=1S/C19H29N3O5S/c1-14(23)22-9-7-21(8-10-22)12-18-19(24)17(13-27-18)20-11-15-3-5-16(6-4-15)28(2,25)26/h3-6,17-20,24H,7-13H2,1-2H3. The van der Waals surface area contributed by atoms with Crippen LogP contribution in [-0.2, 0) is 25.9 Å². The highest BCUT2D eigenvalue weighted by molar-refractivity contribution is 7.90. The van der Waals surface area contributed by atoms with Gasteiger partial charge in [0.1, 0.15) is 0 Å². The van der Waals surface area contributed by atoms with Gasteiger partial charge in [-0.25, -0.2) is 8.42 Å². The molecule has 0 radical (unpaired) electrons. The first-order valence-corrected chi connectivity index (χ1v) is 11.4. The number of nitrogens with one attached hydrogen (secondary N) is 1. The molecule has 156 valence electrons. The number of ether oxygens (including phenoxy) is 1. The molecule has 2 fully saturated rings. The van der Waals surface area contributed by atoms with Gasteiger partial charge in [0.25, 0.3) is 0 Å². The van der Waals surface area contributed by atoms with E-state index in [-0.39, 0.29) is 18.1 Å². The highest BCUT2D eigenvalue weighted by Crippen LogP contribution is 2.18. The predicted octanol–water partition coefficient (Wildman–Crippen LogP) is -0.528. The van der Waals surface area contributed by atoms with E-state index in [4.69, 9.17) is 4.74 Å². The molecule has 9 heteroatoms. The van der Waals surface area contributed by atoms with Crippen LogP contribution in [0.3, 0.4) is 0 Å². The summed E-state index contributed by atoms with van der Waals surface area (Å²) >= 11 is 0. The lowest BCUT2D eigenvalue weighted by Gasteiger charge is -2.35. The third kappa shape index (κ3) is 5.30. The Morgan fingerprint density at radius 2 is 1.86 bits per heavy atom. The second-order valence-corrected chi connectivity index (χ2v) is 9.59. The second kappa shape index (κ2) is 8.87. The van der Waals surface area contributed by atoms with E-state index in [1.54, 1.807) is 31.2 Å². The van der Waals surface area contributed by atoms with E-state index in [1.165, 1.54) is 6.26 Å². The molecule has 0 aliphatic carbocycles. The van der Waals surface area contributed by atoms with E-state index in [2.05, 4.69) is 10.2 Å². The lowest BCUT2D eigenvalue weighted by Crippen LogP contribution is -2.51. The molecule has 2 N–H and O–H groups in total. The molecule has 1 aromatic carbocycles. The molecule has 28 heavy (non-hydrogen) atoms. The number of aliphatic hydroxyl groups is 1. The monoisotopic (exact) mass is 411 g/mol. The number of hydrogen-bond donors (Lipinski definition) is 2. The van der Waals surface area contributed by atoms with Crippen molar-refractivity contribution < 1.29 is 23.1 Å². The summed E-state index contributed by atoms with van der Waals surface area (Å²) in [5.74, 6) is 0.102. The van der Waals surface area contributed by atoms with Gasteiger partial charge in [-0.3, -0.25) is 9.69 Å². The number of aliphatic hydroxyl groups excluding tert-OH is 1. The minimum Gasteiger partial charge on any atom is -0.389 e. The summed E-state index contributed by atoms with van der Waals surface area (Å²) in [4.78, 5) is 15.8. The molecule has 0 aromatic heterocycles. The quantitative estimate of drug-likeness (QED) is 0.649. The van der Waals surface area contributed by atoms with E-state index < -0.39 is 15.9 Å². The zero-order valence-electron chi connectivity index (χ0n) is 16.4. The van der Waals surface area contributed by atoms with Crippen LogP contribution in [0.15, 0.2) is 29.2 Å². The van der Waals surface area contributed by atoms with Gasteiger partial charge in [0, 0.05) is 52.4 Å². The number of carbonyl (C=O) groups excluding carboxylic acids is 1. The Kier molecular flexibility index (Phi) is 6.72. The van der Waals surface area contributed by atoms with E-state index in [1.807, 2.05) is 4.90 Å². The molecule has 0 spiro atoms. The SMILES string of the molecule is CC(=O)N1CCN(CC2OCC(NCc3ccc(S(C)(=O)=O)cc3)C2O)CC1. The number of carbonyl (C=O) groups is 1. The number of sulfone groups is 1. The van der Waals surface area contributed by atoms with Crippen molar-refractivity contribution in [2.45, 2.75) is 36.6 Å². The molecule has 0 bridgehead atoms. The predicted molar refractivity (Wildman–Crippen MR) is 105 cm³/mol. The lowest BCUT2D eigenvalue weighted by atomic mass is 10.1. The lowest BCUT2D eigenvalue weighted by molar-refractivity contribution is -0.130. The van der Waals surface area contributed by atoms with Crippen LogP contribution in [0.4, 0.5) is 0 Å². The highest BCUT2D eigenvalue weighted by atomic mass is 32.2. The average molecular weight is 412 g/mol. The molecule has 8 nitrogen and oxygen atoms in total. The zero-order chi connectivity index (χ0) is 20.3. The fraction of sp³-hybridized carbons (Fsp3) is 0.632. The average Bonchev–Trinajstić information content (AvgIpc) is 3.00. The summed E-state index contributed by atoms with van der Waals surface area (Å²) in [7, 11) is -3.20. The Bertz CT molecular complexity index is 775. The number of piperazine rings is 1. The molecule has 3 rings (SSSR count). The Balaban J connectivity index is 1.45. The van der Waals surface area contributed by atoms with E-state index in [0.29, 0.717) is 37.7 Å². The Morgan fingerprint density at radius 3 is 2.43 bits per heavy atom. The Morgan fingerprint density at radius 1 is 1.21 bits per heavy atom. The van der Waals surface area contributed by atoms with Gasteiger partial charge in [0.15, 0.2) is 9.84 Å². The minimum absolute atomic E-state index is 0.102. The van der Waals surface area contributed by atoms with E-state index in [9.17, 15) is 18.3 Å². The maximum atomic E-state index is 11.5. The largest absolute Gasteiger partial charge is 0.389 e. The number of amides is 1. The van der Waals surface area contributed by atoms with Crippen molar-refractivity contribution in [2.75, 3.05) is 45.6 Å². The molecule has 3 unspecified atom stereocenters. The Hall–Kier alpha value is -1.52. The van der Waals surface area contributed by atoms with Crippen LogP contribution in [0, 0.1) is 0 Å². The van der Waals surface area contributed by atoms with Crippen molar-refractivity contribution in [1.82, 2.24) is 15.1 Å². The van der Waals surface area contributed by atoms with Crippen LogP contribution >= 0.6 is 0 Å². The summed E-state index contributed by atoms with van der Waals surface area (Å²) in [6, 6.07) is 6.57. The van der Waals surface area contributed by atoms with Gasteiger partial charge in [0.05, 0.1) is 29.8 Å². The van der Waals surface area contributed by atoms with Crippen LogP contribution in [0.5, 0.6) is 0 Å². The van der Waals surface area contributed by atoms with Gasteiger partial charge in [-0.15, -0.1) is 0 Å². The van der Waals surface area contributed by atoms with Gasteiger partial charge in [-0.05, 0) is 17.7 Å². The molecule has 2 saturated heterocycles. The van der Waals surface area contributed by atoms with Crippen LogP contribution in [0.1, 0.15) is 12.5 Å². The van der Waals surface area contributed by atoms with Gasteiger partial charge < -0.3 is 20.1 Å². The van der Waals surface area contributed by atoms with E-state index in [0.717, 1.165) is 18.7 Å². The van der Waals surface area contributed by atoms with Crippen molar-refractivity contribution in [3.8, 4) is 0 Å². The summed E-state index contributed by atoms with van der Waals surface area (Å²) in [5.41, 5.74) is 0.948. The summed E-state index contributed by atoms with van der Waals surface area (Å²) in [6.45, 7) is 6.19. The summed E-state index contributed by atoms with van der Waals surface area (Å²) < 4.78 is 28.8. The number of nitrogens with zero attached hydrogens (tertiary/aromatic N) is 2. The van der Waals surface area contributed by atoms with Gasteiger partial charge in [-0.1, -0.05) is 12.1 Å². The highest BCUT2D eigenvalue weighted by Gasteiger charge is 2.37. The third-order valence-corrected chi connectivity index (χ3v) is 6.59. The van der Waals surface area contributed by atoms with Crippen LogP contribution < -0.4 is 5.32 Å². The molecular formula is C19H29N3O5S. The molecule has 2 aliphatic rings. The summed E-state index contributed by atoms with van der Waals surface area (Å²) in [6.07, 6.45) is 0.321. The van der Waals surface area contributed by atoms with Gasteiger partial charge in [0.2, 0.25) is 5.91 Å². The molecule has 0 saturated carbocycles. The maximum Gasteiger partial charge on any atom is 0.219 e. The minimum atomic E-state index is -3.20. The van der Waals surface area contributed by atoms with Crippen molar-refractivity contribution >= 4 is 15.7 Å². The third-order valence-electron chi connectivity index (χ3n) is 5.46. The second-order valence-electron chi connectivity index (χ2n) is 7.57. The van der Waals surface area contributed by atoms with Crippen molar-refractivity contribution in [3.63, 3.8) is 0 Å². The molecule has 1 amide bonds. The first-order valence-electron chi connectivity index (χ1n) is 9.54. The molecule has 1 aromatic rings. The normalized spacial score (nSPS) is 26.5. The smallest absolute Gasteiger partial charge is 0.219 e. The maximum absolute atomic E-state index is 11.5. The van der Waals surface area contributed by atoms with Gasteiger partial charge >= 0.3 is 0 Å². The topological polar surface area (TPSA) is 99.2 Å². The van der Waals surface area contributed by atoms with Crippen LogP contribution in [0.25, 0.3) is 0 Å². The number of hydrogen-bond acceptors (Lipinski definition) is 7. The fourth-order valence-electron chi connectivity index (χ4n) is 3.63. The molecule has 2 heterocycles. The van der Waals surface area contributed by atoms with Crippen molar-refractivity contribution in [3.05, 3.63) is 29.8 Å². The van der Waals surface area contributed by atoms with Crippen LogP contribution in [-0.4, -0.2) is 93.1 Å². The van der Waals surface area contributed by atoms with Crippen molar-refractivity contribution in [1.29, 1.82) is 0 Å². The van der Waals surface area contributed by atoms with Gasteiger partial charge in [-0.2, -0.15) is 0 Å². The van der Waals surface area contributed by atoms with Crippen molar-refractivity contribution in [2.24, 2.45) is 0 Å². The van der Waals surface area contributed by atoms with E-state index >= 15 is 0 Å². The van der Waals surface area contributed by atoms with Crippen LogP contribution in [0.2, 0.25) is 0 Å². The zero-order valence-corrected chi connectivity index (χ0v) is 17.2. The number of rotatable bonds is 6. The molecule has 2 aliphatic heterocycles. The molecule has 3 atom stereocenters. The number of benzene rings is 1. The first-order chi connectivity index (χ1) is 13.2. The fourth-order valence-corrected chi connectivity index (χ4v) is 4.26.